The molecule has 1 aromatic carbocycles. The second-order valence-electron chi connectivity index (χ2n) is 3.87. The third kappa shape index (κ3) is 2.44. The zero-order valence-electron chi connectivity index (χ0n) is 9.77. The van der Waals surface area contributed by atoms with E-state index in [9.17, 15) is 4.79 Å². The number of hydrogen-bond acceptors (Lipinski definition) is 3. The number of rotatable bonds is 2. The molecule has 0 spiro atoms. The van der Waals surface area contributed by atoms with Gasteiger partial charge in [0.2, 0.25) is 0 Å². The predicted octanol–water partition coefficient (Wildman–Crippen LogP) is 1.56. The maximum Gasteiger partial charge on any atom is 0.256 e. The first-order valence-corrected chi connectivity index (χ1v) is 5.24. The summed E-state index contributed by atoms with van der Waals surface area (Å²) in [6, 6.07) is 8.59. The van der Waals surface area contributed by atoms with Crippen LogP contribution >= 0.6 is 0 Å². The highest BCUT2D eigenvalue weighted by Gasteiger charge is 2.08. The van der Waals surface area contributed by atoms with Gasteiger partial charge in [-0.25, -0.2) is 0 Å². The Bertz CT molecular complexity index is 542. The van der Waals surface area contributed by atoms with E-state index in [0.29, 0.717) is 17.1 Å². The molecule has 0 radical (unpaired) electrons. The second-order valence-corrected chi connectivity index (χ2v) is 3.87. The summed E-state index contributed by atoms with van der Waals surface area (Å²) in [5, 5.41) is 6.94. The van der Waals surface area contributed by atoms with E-state index in [1.54, 1.807) is 36.0 Å². The van der Waals surface area contributed by atoms with Crippen LogP contribution in [0.5, 0.6) is 0 Å². The molecule has 0 aliphatic carbocycles. The molecular formula is C12H14N4O. The van der Waals surface area contributed by atoms with E-state index in [4.69, 9.17) is 5.73 Å². The van der Waals surface area contributed by atoms with Crippen LogP contribution in [0.3, 0.4) is 0 Å². The zero-order valence-corrected chi connectivity index (χ0v) is 9.77. The second kappa shape index (κ2) is 4.29. The molecular weight excluding hydrogens is 216 g/mol. The highest BCUT2D eigenvalue weighted by atomic mass is 16.1. The summed E-state index contributed by atoms with van der Waals surface area (Å²) < 4.78 is 1.63. The van der Waals surface area contributed by atoms with Gasteiger partial charge in [0, 0.05) is 24.4 Å². The molecule has 3 N–H and O–H groups in total. The molecule has 2 aromatic rings. The Kier molecular flexibility index (Phi) is 2.82. The van der Waals surface area contributed by atoms with Crippen LogP contribution in [-0.4, -0.2) is 15.7 Å². The maximum absolute atomic E-state index is 11.9. The highest BCUT2D eigenvalue weighted by Crippen LogP contribution is 2.11. The molecule has 5 heteroatoms. The van der Waals surface area contributed by atoms with E-state index in [1.165, 1.54) is 0 Å². The summed E-state index contributed by atoms with van der Waals surface area (Å²) in [6.07, 6.45) is 0. The van der Waals surface area contributed by atoms with E-state index >= 15 is 0 Å². The van der Waals surface area contributed by atoms with Gasteiger partial charge in [0.25, 0.3) is 5.91 Å². The summed E-state index contributed by atoms with van der Waals surface area (Å²) in [7, 11) is 1.78. The molecule has 0 saturated carbocycles. The molecule has 1 amide bonds. The summed E-state index contributed by atoms with van der Waals surface area (Å²) >= 11 is 0. The van der Waals surface area contributed by atoms with Crippen molar-refractivity contribution in [1.29, 1.82) is 0 Å². The first-order chi connectivity index (χ1) is 8.06. The quantitative estimate of drug-likeness (QED) is 0.769. The molecule has 1 aromatic heterocycles. The average molecular weight is 230 g/mol. The molecule has 0 saturated heterocycles. The average Bonchev–Trinajstić information content (AvgIpc) is 2.58. The van der Waals surface area contributed by atoms with E-state index in [-0.39, 0.29) is 5.91 Å². The Morgan fingerprint density at radius 1 is 1.35 bits per heavy atom. The fourth-order valence-electron chi connectivity index (χ4n) is 1.55. The Hall–Kier alpha value is -2.30. The van der Waals surface area contributed by atoms with Crippen molar-refractivity contribution in [2.75, 3.05) is 11.1 Å². The Morgan fingerprint density at radius 3 is 2.53 bits per heavy atom. The molecule has 17 heavy (non-hydrogen) atoms. The highest BCUT2D eigenvalue weighted by molar-refractivity contribution is 6.04. The molecule has 0 fully saturated rings. The minimum absolute atomic E-state index is 0.173. The molecule has 0 unspecified atom stereocenters. The standard InChI is InChI=1S/C12H14N4O/c1-8-7-11(16(2)15-8)14-12(17)9-3-5-10(13)6-4-9/h3-7H,13H2,1-2H3,(H,14,17). The van der Waals surface area contributed by atoms with Gasteiger partial charge in [0.05, 0.1) is 5.69 Å². The van der Waals surface area contributed by atoms with Crippen LogP contribution in [0.25, 0.3) is 0 Å². The Morgan fingerprint density at radius 2 is 2.00 bits per heavy atom. The zero-order chi connectivity index (χ0) is 12.4. The number of nitrogen functional groups attached to an aromatic ring is 1. The first kappa shape index (κ1) is 11.2. The number of amides is 1. The summed E-state index contributed by atoms with van der Waals surface area (Å²) in [6.45, 7) is 1.87. The third-order valence-electron chi connectivity index (χ3n) is 2.42. The molecule has 0 aliphatic rings. The topological polar surface area (TPSA) is 72.9 Å². The largest absolute Gasteiger partial charge is 0.399 e. The van der Waals surface area contributed by atoms with Gasteiger partial charge in [-0.3, -0.25) is 9.48 Å². The van der Waals surface area contributed by atoms with Crippen LogP contribution in [0.15, 0.2) is 30.3 Å². The number of hydrogen-bond donors (Lipinski definition) is 2. The number of carbonyl (C=O) groups excluding carboxylic acids is 1. The summed E-state index contributed by atoms with van der Waals surface area (Å²) in [5.74, 6) is 0.498. The Balaban J connectivity index is 2.17. The van der Waals surface area contributed by atoms with Crippen molar-refractivity contribution in [2.45, 2.75) is 6.92 Å². The number of nitrogens with one attached hydrogen (secondary N) is 1. The minimum Gasteiger partial charge on any atom is -0.399 e. The van der Waals surface area contributed by atoms with Gasteiger partial charge in [-0.05, 0) is 31.2 Å². The lowest BCUT2D eigenvalue weighted by Crippen LogP contribution is -2.14. The van der Waals surface area contributed by atoms with Crippen molar-refractivity contribution in [3.8, 4) is 0 Å². The van der Waals surface area contributed by atoms with Gasteiger partial charge in [-0.1, -0.05) is 0 Å². The monoisotopic (exact) mass is 230 g/mol. The number of aromatic nitrogens is 2. The first-order valence-electron chi connectivity index (χ1n) is 5.24. The van der Waals surface area contributed by atoms with E-state index in [0.717, 1.165) is 5.69 Å². The lowest BCUT2D eigenvalue weighted by Gasteiger charge is -2.05. The normalized spacial score (nSPS) is 10.2. The Labute approximate surface area is 99.2 Å². The van der Waals surface area contributed by atoms with Crippen LogP contribution < -0.4 is 11.1 Å². The van der Waals surface area contributed by atoms with Crippen molar-refractivity contribution in [3.05, 3.63) is 41.6 Å². The van der Waals surface area contributed by atoms with Crippen molar-refractivity contribution in [2.24, 2.45) is 7.05 Å². The predicted molar refractivity (Wildman–Crippen MR) is 66.8 cm³/mol. The number of nitrogens with zero attached hydrogens (tertiary/aromatic N) is 2. The van der Waals surface area contributed by atoms with Gasteiger partial charge < -0.3 is 11.1 Å². The number of nitrogens with two attached hydrogens (primary N) is 1. The van der Waals surface area contributed by atoms with Crippen molar-refractivity contribution in [1.82, 2.24) is 9.78 Å². The molecule has 2 rings (SSSR count). The number of benzene rings is 1. The van der Waals surface area contributed by atoms with Crippen molar-refractivity contribution >= 4 is 17.4 Å². The van der Waals surface area contributed by atoms with Gasteiger partial charge in [-0.2, -0.15) is 5.10 Å². The van der Waals surface area contributed by atoms with Gasteiger partial charge in [0.1, 0.15) is 5.82 Å². The molecule has 5 nitrogen and oxygen atoms in total. The van der Waals surface area contributed by atoms with Gasteiger partial charge in [-0.15, -0.1) is 0 Å². The molecule has 88 valence electrons. The number of carbonyl (C=O) groups is 1. The van der Waals surface area contributed by atoms with Gasteiger partial charge >= 0.3 is 0 Å². The van der Waals surface area contributed by atoms with Crippen LogP contribution in [0, 0.1) is 6.92 Å². The SMILES string of the molecule is Cc1cc(NC(=O)c2ccc(N)cc2)n(C)n1. The summed E-state index contributed by atoms with van der Waals surface area (Å²) in [5.41, 5.74) is 7.63. The van der Waals surface area contributed by atoms with Crippen LogP contribution in [-0.2, 0) is 7.05 Å². The third-order valence-corrected chi connectivity index (χ3v) is 2.42. The fraction of sp³-hybridized carbons (Fsp3) is 0.167. The molecule has 0 bridgehead atoms. The minimum atomic E-state index is -0.173. The smallest absolute Gasteiger partial charge is 0.256 e. The number of aryl methyl sites for hydroxylation is 2. The molecule has 0 atom stereocenters. The van der Waals surface area contributed by atoms with E-state index in [1.807, 2.05) is 13.0 Å². The van der Waals surface area contributed by atoms with E-state index in [2.05, 4.69) is 10.4 Å². The fourth-order valence-corrected chi connectivity index (χ4v) is 1.55. The van der Waals surface area contributed by atoms with E-state index < -0.39 is 0 Å². The van der Waals surface area contributed by atoms with Crippen LogP contribution in [0.1, 0.15) is 16.1 Å². The maximum atomic E-state index is 11.9. The van der Waals surface area contributed by atoms with Crippen molar-refractivity contribution in [3.63, 3.8) is 0 Å². The number of anilines is 2. The van der Waals surface area contributed by atoms with Crippen LogP contribution in [0.2, 0.25) is 0 Å². The van der Waals surface area contributed by atoms with Crippen LogP contribution in [0.4, 0.5) is 11.5 Å². The lowest BCUT2D eigenvalue weighted by molar-refractivity contribution is 0.102. The molecule has 1 heterocycles. The lowest BCUT2D eigenvalue weighted by atomic mass is 10.2. The summed E-state index contributed by atoms with van der Waals surface area (Å²) in [4.78, 5) is 11.9. The molecule has 0 aliphatic heterocycles. The van der Waals surface area contributed by atoms with Crippen molar-refractivity contribution < 1.29 is 4.79 Å². The van der Waals surface area contributed by atoms with Gasteiger partial charge in [0.15, 0.2) is 0 Å².